The molecule has 1 spiro atoms. The molecule has 4 aromatic heterocycles. The molecule has 5 heteroatoms. The summed E-state index contributed by atoms with van der Waals surface area (Å²) in [7, 11) is 0. The monoisotopic (exact) mass is 679 g/mol. The molecule has 3 nitrogen and oxygen atoms in total. The molecule has 0 amide bonds. The van der Waals surface area contributed by atoms with Gasteiger partial charge in [-0.1, -0.05) is 86.0 Å². The van der Waals surface area contributed by atoms with E-state index in [4.69, 9.17) is 9.97 Å². The molecule has 3 aliphatic carbocycles. The van der Waals surface area contributed by atoms with Crippen LogP contribution in [0.5, 0.6) is 0 Å². The molecule has 0 unspecified atom stereocenters. The molecule has 50 heavy (non-hydrogen) atoms. The topological polar surface area (TPSA) is 38.7 Å². The number of nitrogens with zero attached hydrogens (tertiary/aromatic N) is 3. The fourth-order valence-corrected chi connectivity index (χ4v) is 11.6. The fraction of sp³-hybridized carbons (Fsp3) is 0.178. The van der Waals surface area contributed by atoms with Crippen LogP contribution in [-0.2, 0) is 5.41 Å². The fourth-order valence-electron chi connectivity index (χ4n) is 9.28. The van der Waals surface area contributed by atoms with Crippen molar-refractivity contribution in [1.29, 1.82) is 0 Å². The smallest absolute Gasteiger partial charge is 0.161 e. The van der Waals surface area contributed by atoms with Gasteiger partial charge in [-0.15, -0.1) is 22.7 Å². The van der Waals surface area contributed by atoms with Gasteiger partial charge >= 0.3 is 0 Å². The highest BCUT2D eigenvalue weighted by atomic mass is 32.1. The van der Waals surface area contributed by atoms with Crippen molar-refractivity contribution in [2.45, 2.75) is 50.4 Å². The van der Waals surface area contributed by atoms with Gasteiger partial charge in [0.25, 0.3) is 0 Å². The van der Waals surface area contributed by atoms with E-state index in [1.807, 2.05) is 23.7 Å². The summed E-state index contributed by atoms with van der Waals surface area (Å²) < 4.78 is 4.88. The highest BCUT2D eigenvalue weighted by molar-refractivity contribution is 7.26. The second kappa shape index (κ2) is 11.0. The lowest BCUT2D eigenvalue weighted by Crippen LogP contribution is -2.29. The summed E-state index contributed by atoms with van der Waals surface area (Å²) >= 11 is 3.62. The first-order valence-corrected chi connectivity index (χ1v) is 19.5. The minimum Gasteiger partial charge on any atom is -0.265 e. The Labute approximate surface area is 298 Å². The standard InChI is InChI=1S/C45H33N3S2/c1-6-22-45(23-7-1)36-16-4-2-10-30(36)31-13-8-12-29(39(31)45)28-18-19-38-35(26-28)32-14-9-15-34(42(32)49-38)44-47-40(27-20-24-46-25-21-27)43-41(48-44)33-11-3-5-17-37(33)50-43/h3,5,8-21,24-26H,1-2,4,6-7,22-23H2. The van der Waals surface area contributed by atoms with E-state index in [9.17, 15) is 0 Å². The molecule has 1 saturated carbocycles. The summed E-state index contributed by atoms with van der Waals surface area (Å²) in [5, 5.41) is 3.76. The summed E-state index contributed by atoms with van der Waals surface area (Å²) in [6, 6.07) is 33.6. The predicted octanol–water partition coefficient (Wildman–Crippen LogP) is 12.9. The molecule has 1 fully saturated rings. The van der Waals surface area contributed by atoms with E-state index in [0.29, 0.717) is 0 Å². The molecule has 0 atom stereocenters. The number of benzene rings is 4. The normalized spacial score (nSPS) is 16.6. The van der Waals surface area contributed by atoms with Gasteiger partial charge in [0.1, 0.15) is 0 Å². The van der Waals surface area contributed by atoms with Crippen LogP contribution in [0.1, 0.15) is 56.1 Å². The maximum atomic E-state index is 5.31. The zero-order valence-corrected chi connectivity index (χ0v) is 29.2. The summed E-state index contributed by atoms with van der Waals surface area (Å²) in [4.78, 5) is 14.9. The second-order valence-electron chi connectivity index (χ2n) is 14.1. The molecule has 3 aliphatic rings. The van der Waals surface area contributed by atoms with Crippen LogP contribution < -0.4 is 0 Å². The van der Waals surface area contributed by atoms with Gasteiger partial charge < -0.3 is 0 Å². The van der Waals surface area contributed by atoms with Crippen LogP contribution in [0.4, 0.5) is 0 Å². The Morgan fingerprint density at radius 3 is 2.26 bits per heavy atom. The third kappa shape index (κ3) is 4.11. The SMILES string of the molecule is C1=C2C(=CCC1)C1(CCCCC1)c1c2cccc1-c1ccc2sc3c(-c4nc(-c5ccncc5)c5sc6ccccc6c5n4)cccc3c2c1. The van der Waals surface area contributed by atoms with Crippen LogP contribution in [0.15, 0.2) is 121 Å². The third-order valence-electron chi connectivity index (χ3n) is 11.4. The van der Waals surface area contributed by atoms with Gasteiger partial charge in [-0.3, -0.25) is 4.98 Å². The Morgan fingerprint density at radius 2 is 1.34 bits per heavy atom. The van der Waals surface area contributed by atoms with Crippen molar-refractivity contribution in [1.82, 2.24) is 15.0 Å². The van der Waals surface area contributed by atoms with Crippen LogP contribution in [0.2, 0.25) is 0 Å². The summed E-state index contributed by atoms with van der Waals surface area (Å²) in [5.41, 5.74) is 13.2. The summed E-state index contributed by atoms with van der Waals surface area (Å²) in [6.45, 7) is 0. The number of aromatic nitrogens is 3. The van der Waals surface area contributed by atoms with E-state index in [1.165, 1.54) is 91.0 Å². The Bertz CT molecular complexity index is 2740. The van der Waals surface area contributed by atoms with Gasteiger partial charge in [0.15, 0.2) is 5.82 Å². The van der Waals surface area contributed by atoms with Gasteiger partial charge in [-0.25, -0.2) is 9.97 Å². The lowest BCUT2D eigenvalue weighted by atomic mass is 9.65. The number of fused-ring (bicyclic) bond motifs is 11. The molecule has 0 saturated heterocycles. The Morgan fingerprint density at radius 1 is 0.580 bits per heavy atom. The van der Waals surface area contributed by atoms with E-state index in [2.05, 4.69) is 108 Å². The molecule has 11 rings (SSSR count). The van der Waals surface area contributed by atoms with Crippen molar-refractivity contribution >= 4 is 68.7 Å². The number of rotatable bonds is 3. The van der Waals surface area contributed by atoms with Gasteiger partial charge in [-0.05, 0) is 95.5 Å². The Kier molecular flexibility index (Phi) is 6.35. The molecule has 4 aromatic carbocycles. The van der Waals surface area contributed by atoms with Crippen LogP contribution in [0.3, 0.4) is 0 Å². The zero-order chi connectivity index (χ0) is 32.8. The van der Waals surface area contributed by atoms with Crippen molar-refractivity contribution in [3.63, 3.8) is 0 Å². The maximum Gasteiger partial charge on any atom is 0.161 e. The van der Waals surface area contributed by atoms with Crippen LogP contribution in [0, 0.1) is 0 Å². The highest BCUT2D eigenvalue weighted by Crippen LogP contribution is 2.60. The number of hydrogen-bond donors (Lipinski definition) is 0. The summed E-state index contributed by atoms with van der Waals surface area (Å²) in [5.74, 6) is 0.773. The Balaban J connectivity index is 1.11. The molecule has 0 aliphatic heterocycles. The molecular formula is C45H33N3S2. The van der Waals surface area contributed by atoms with Crippen molar-refractivity contribution in [2.75, 3.05) is 0 Å². The molecule has 0 radical (unpaired) electrons. The molecule has 240 valence electrons. The van der Waals surface area contributed by atoms with E-state index < -0.39 is 0 Å². The van der Waals surface area contributed by atoms with Crippen molar-refractivity contribution in [2.24, 2.45) is 0 Å². The summed E-state index contributed by atoms with van der Waals surface area (Å²) in [6.07, 6.45) is 17.6. The minimum atomic E-state index is 0.156. The Hall–Kier alpha value is -4.97. The van der Waals surface area contributed by atoms with E-state index >= 15 is 0 Å². The molecule has 0 N–H and O–H groups in total. The van der Waals surface area contributed by atoms with E-state index in [0.717, 1.165) is 39.3 Å². The number of allylic oxidation sites excluding steroid dienone is 4. The van der Waals surface area contributed by atoms with Crippen LogP contribution in [-0.4, -0.2) is 15.0 Å². The van der Waals surface area contributed by atoms with Crippen molar-refractivity contribution in [3.8, 4) is 33.8 Å². The highest BCUT2D eigenvalue weighted by Gasteiger charge is 2.47. The lowest BCUT2D eigenvalue weighted by molar-refractivity contribution is 0.352. The molecule has 0 bridgehead atoms. The number of hydrogen-bond acceptors (Lipinski definition) is 5. The van der Waals surface area contributed by atoms with Gasteiger partial charge in [0.2, 0.25) is 0 Å². The van der Waals surface area contributed by atoms with Gasteiger partial charge in [-0.2, -0.15) is 0 Å². The first kappa shape index (κ1) is 28.8. The maximum absolute atomic E-state index is 5.31. The average molecular weight is 680 g/mol. The van der Waals surface area contributed by atoms with E-state index in [-0.39, 0.29) is 5.41 Å². The lowest BCUT2D eigenvalue weighted by Gasteiger charge is -2.38. The average Bonchev–Trinajstić information content (AvgIpc) is 3.83. The minimum absolute atomic E-state index is 0.156. The quantitative estimate of drug-likeness (QED) is 0.187. The first-order chi connectivity index (χ1) is 24.8. The number of thiophene rings is 2. The third-order valence-corrected chi connectivity index (χ3v) is 13.8. The van der Waals surface area contributed by atoms with Crippen molar-refractivity contribution < 1.29 is 0 Å². The number of pyridine rings is 1. The molecule has 8 aromatic rings. The van der Waals surface area contributed by atoms with E-state index in [1.54, 1.807) is 22.5 Å². The van der Waals surface area contributed by atoms with Crippen LogP contribution >= 0.6 is 22.7 Å². The predicted molar refractivity (Wildman–Crippen MR) is 212 cm³/mol. The van der Waals surface area contributed by atoms with Gasteiger partial charge in [0, 0.05) is 59.2 Å². The van der Waals surface area contributed by atoms with Crippen LogP contribution in [0.25, 0.3) is 79.8 Å². The van der Waals surface area contributed by atoms with Crippen molar-refractivity contribution in [3.05, 3.63) is 132 Å². The first-order valence-electron chi connectivity index (χ1n) is 17.9. The molecular weight excluding hydrogens is 647 g/mol. The second-order valence-corrected chi connectivity index (χ2v) is 16.2. The van der Waals surface area contributed by atoms with Gasteiger partial charge in [0.05, 0.1) is 15.9 Å². The molecule has 4 heterocycles. The largest absolute Gasteiger partial charge is 0.265 e. The zero-order valence-electron chi connectivity index (χ0n) is 27.6.